The molecule has 0 bridgehead atoms. The summed E-state index contributed by atoms with van der Waals surface area (Å²) in [6.07, 6.45) is 3.71. The van der Waals surface area contributed by atoms with Gasteiger partial charge in [-0.25, -0.2) is 0 Å². The Bertz CT molecular complexity index is 1710. The van der Waals surface area contributed by atoms with Crippen LogP contribution in [0, 0.1) is 0 Å². The van der Waals surface area contributed by atoms with E-state index in [1.54, 1.807) is 6.20 Å². The molecule has 162 valence electrons. The molecule has 6 aromatic rings. The first kappa shape index (κ1) is 19.3. The number of aromatic nitrogens is 1. The molecule has 2 nitrogen and oxygen atoms in total. The van der Waals surface area contributed by atoms with Gasteiger partial charge in [-0.05, 0) is 63.2 Å². The van der Waals surface area contributed by atoms with Crippen LogP contribution in [0.4, 0.5) is 0 Å². The Kier molecular flexibility index (Phi) is 3.93. The van der Waals surface area contributed by atoms with E-state index in [1.807, 2.05) is 18.3 Å². The van der Waals surface area contributed by atoms with Crippen LogP contribution in [0.3, 0.4) is 0 Å². The predicted octanol–water partition coefficient (Wildman–Crippen LogP) is 8.62. The lowest BCUT2D eigenvalue weighted by atomic mass is 9.81. The average molecular weight is 438 g/mol. The van der Waals surface area contributed by atoms with Crippen LogP contribution in [-0.2, 0) is 5.41 Å². The van der Waals surface area contributed by atoms with Crippen LogP contribution in [0.15, 0.2) is 108 Å². The number of furan rings is 1. The van der Waals surface area contributed by atoms with E-state index in [4.69, 9.17) is 4.42 Å². The molecular weight excluding hydrogens is 414 g/mol. The van der Waals surface area contributed by atoms with Crippen molar-refractivity contribution in [3.63, 3.8) is 0 Å². The highest BCUT2D eigenvalue weighted by molar-refractivity contribution is 6.09. The van der Waals surface area contributed by atoms with Gasteiger partial charge in [0, 0.05) is 34.1 Å². The number of rotatable bonds is 2. The molecule has 2 heterocycles. The van der Waals surface area contributed by atoms with Crippen molar-refractivity contribution in [2.24, 2.45) is 0 Å². The quantitative estimate of drug-likeness (QED) is 0.271. The minimum Gasteiger partial charge on any atom is -0.456 e. The topological polar surface area (TPSA) is 26.0 Å². The van der Waals surface area contributed by atoms with Crippen LogP contribution in [0.25, 0.3) is 55.3 Å². The van der Waals surface area contributed by atoms with Crippen LogP contribution in [-0.4, -0.2) is 4.98 Å². The zero-order valence-electron chi connectivity index (χ0n) is 19.2. The molecular formula is C32H23NO. The molecule has 0 spiro atoms. The van der Waals surface area contributed by atoms with Crippen molar-refractivity contribution in [1.29, 1.82) is 0 Å². The molecule has 2 heteroatoms. The van der Waals surface area contributed by atoms with Crippen LogP contribution in [0.2, 0.25) is 0 Å². The highest BCUT2D eigenvalue weighted by atomic mass is 16.3. The molecule has 0 unspecified atom stereocenters. The van der Waals surface area contributed by atoms with E-state index in [-0.39, 0.29) is 5.41 Å². The average Bonchev–Trinajstić information content (AvgIpc) is 3.37. The second-order valence-electron chi connectivity index (χ2n) is 9.67. The summed E-state index contributed by atoms with van der Waals surface area (Å²) in [5, 5.41) is 2.38. The number of para-hydroxylation sites is 1. The van der Waals surface area contributed by atoms with E-state index in [0.29, 0.717) is 0 Å². The Balaban J connectivity index is 1.35. The van der Waals surface area contributed by atoms with Gasteiger partial charge >= 0.3 is 0 Å². The number of hydrogen-bond acceptors (Lipinski definition) is 2. The first-order valence-corrected chi connectivity index (χ1v) is 11.7. The van der Waals surface area contributed by atoms with Gasteiger partial charge in [0.15, 0.2) is 0 Å². The van der Waals surface area contributed by atoms with E-state index in [2.05, 4.69) is 97.7 Å². The van der Waals surface area contributed by atoms with Crippen LogP contribution in [0.1, 0.15) is 25.0 Å². The number of pyridine rings is 1. The third-order valence-corrected chi connectivity index (χ3v) is 7.37. The Morgan fingerprint density at radius 2 is 1.38 bits per heavy atom. The fraction of sp³-hybridized carbons (Fsp3) is 0.0938. The van der Waals surface area contributed by atoms with Gasteiger partial charge < -0.3 is 4.42 Å². The highest BCUT2D eigenvalue weighted by Gasteiger charge is 2.38. The zero-order valence-corrected chi connectivity index (χ0v) is 19.2. The van der Waals surface area contributed by atoms with E-state index < -0.39 is 0 Å². The van der Waals surface area contributed by atoms with E-state index in [1.165, 1.54) is 49.7 Å². The van der Waals surface area contributed by atoms with Crippen molar-refractivity contribution in [2.75, 3.05) is 0 Å². The molecule has 4 aromatic carbocycles. The van der Waals surface area contributed by atoms with E-state index in [0.717, 1.165) is 16.7 Å². The molecule has 34 heavy (non-hydrogen) atoms. The highest BCUT2D eigenvalue weighted by Crippen LogP contribution is 2.53. The molecule has 1 aliphatic rings. The van der Waals surface area contributed by atoms with Crippen LogP contribution < -0.4 is 0 Å². The lowest BCUT2D eigenvalue weighted by molar-refractivity contribution is 0.620. The molecule has 7 rings (SSSR count). The molecule has 0 atom stereocenters. The standard InChI is InChI=1S/C32H23NO/c1-32(2)28-18-22(20-9-11-21(12-10-20)23-6-5-17-33-19-23)13-14-24(28)26-15-16-27-25-7-3-4-8-29(25)34-31(27)30(26)32/h3-19H,1-2H3. The smallest absolute Gasteiger partial charge is 0.140 e. The monoisotopic (exact) mass is 437 g/mol. The second-order valence-corrected chi connectivity index (χ2v) is 9.67. The third kappa shape index (κ3) is 2.66. The molecule has 0 saturated heterocycles. The Morgan fingerprint density at radius 1 is 0.647 bits per heavy atom. The van der Waals surface area contributed by atoms with Gasteiger partial charge in [-0.3, -0.25) is 4.98 Å². The predicted molar refractivity (Wildman–Crippen MR) is 140 cm³/mol. The molecule has 0 radical (unpaired) electrons. The molecule has 0 aliphatic heterocycles. The third-order valence-electron chi connectivity index (χ3n) is 7.37. The molecule has 0 amide bonds. The fourth-order valence-corrected chi connectivity index (χ4v) is 5.63. The second kappa shape index (κ2) is 6.91. The normalized spacial score (nSPS) is 13.8. The lowest BCUT2D eigenvalue weighted by Gasteiger charge is -2.22. The van der Waals surface area contributed by atoms with Crippen LogP contribution >= 0.6 is 0 Å². The molecule has 0 saturated carbocycles. The molecule has 1 aliphatic carbocycles. The largest absolute Gasteiger partial charge is 0.456 e. The Morgan fingerprint density at radius 3 is 2.18 bits per heavy atom. The summed E-state index contributed by atoms with van der Waals surface area (Å²) in [5.41, 5.74) is 11.8. The summed E-state index contributed by atoms with van der Waals surface area (Å²) in [5.74, 6) is 0. The van der Waals surface area contributed by atoms with Gasteiger partial charge in [-0.15, -0.1) is 0 Å². The van der Waals surface area contributed by atoms with Gasteiger partial charge in [0.05, 0.1) is 0 Å². The fourth-order valence-electron chi connectivity index (χ4n) is 5.63. The van der Waals surface area contributed by atoms with Gasteiger partial charge in [-0.2, -0.15) is 0 Å². The maximum atomic E-state index is 6.43. The summed E-state index contributed by atoms with van der Waals surface area (Å²) in [7, 11) is 0. The molecule has 0 fully saturated rings. The number of nitrogens with zero attached hydrogens (tertiary/aromatic N) is 1. The minimum absolute atomic E-state index is 0.149. The first-order valence-electron chi connectivity index (χ1n) is 11.7. The summed E-state index contributed by atoms with van der Waals surface area (Å²) in [6, 6.07) is 32.5. The summed E-state index contributed by atoms with van der Waals surface area (Å²) in [6.45, 7) is 4.64. The first-order chi connectivity index (χ1) is 16.6. The molecule has 2 aromatic heterocycles. The number of fused-ring (bicyclic) bond motifs is 7. The van der Waals surface area contributed by atoms with Gasteiger partial charge in [0.25, 0.3) is 0 Å². The summed E-state index contributed by atoms with van der Waals surface area (Å²) < 4.78 is 6.43. The van der Waals surface area contributed by atoms with E-state index >= 15 is 0 Å². The number of hydrogen-bond donors (Lipinski definition) is 0. The van der Waals surface area contributed by atoms with Crippen molar-refractivity contribution in [1.82, 2.24) is 4.98 Å². The minimum atomic E-state index is -0.149. The molecule has 0 N–H and O–H groups in total. The van der Waals surface area contributed by atoms with Gasteiger partial charge in [0.2, 0.25) is 0 Å². The zero-order chi connectivity index (χ0) is 22.9. The lowest BCUT2D eigenvalue weighted by Crippen LogP contribution is -2.15. The maximum Gasteiger partial charge on any atom is 0.140 e. The Hall–Kier alpha value is -4.17. The van der Waals surface area contributed by atoms with Crippen molar-refractivity contribution in [3.05, 3.63) is 115 Å². The summed E-state index contributed by atoms with van der Waals surface area (Å²) >= 11 is 0. The Labute approximate surface area is 198 Å². The van der Waals surface area contributed by atoms with Gasteiger partial charge in [0.1, 0.15) is 11.2 Å². The van der Waals surface area contributed by atoms with E-state index in [9.17, 15) is 0 Å². The SMILES string of the molecule is CC1(C)c2cc(-c3ccc(-c4cccnc4)cc3)ccc2-c2ccc3c(oc4ccccc43)c21. The maximum absolute atomic E-state index is 6.43. The number of benzene rings is 4. The van der Waals surface area contributed by atoms with Crippen molar-refractivity contribution >= 4 is 21.9 Å². The van der Waals surface area contributed by atoms with Crippen LogP contribution in [0.5, 0.6) is 0 Å². The van der Waals surface area contributed by atoms with Crippen molar-refractivity contribution in [2.45, 2.75) is 19.3 Å². The van der Waals surface area contributed by atoms with Crippen molar-refractivity contribution < 1.29 is 4.42 Å². The van der Waals surface area contributed by atoms with Crippen molar-refractivity contribution in [3.8, 4) is 33.4 Å². The van der Waals surface area contributed by atoms with Gasteiger partial charge in [-0.1, -0.05) is 80.6 Å². The summed E-state index contributed by atoms with van der Waals surface area (Å²) in [4.78, 5) is 4.24.